The van der Waals surface area contributed by atoms with Gasteiger partial charge in [0.1, 0.15) is 5.65 Å². The zero-order valence-corrected chi connectivity index (χ0v) is 14.1. The van der Waals surface area contributed by atoms with Crippen molar-refractivity contribution in [2.24, 2.45) is 13.0 Å². The lowest BCUT2D eigenvalue weighted by Gasteiger charge is -2.17. The Morgan fingerprint density at radius 1 is 1.38 bits per heavy atom. The summed E-state index contributed by atoms with van der Waals surface area (Å²) in [6.45, 7) is 4.65. The number of rotatable bonds is 5. The minimum Gasteiger partial charge on any atom is -0.373 e. The summed E-state index contributed by atoms with van der Waals surface area (Å²) in [4.78, 5) is 4.52. The van der Waals surface area contributed by atoms with Gasteiger partial charge in [0.2, 0.25) is 0 Å². The van der Waals surface area contributed by atoms with E-state index in [1.165, 1.54) is 16.8 Å². The molecule has 6 nitrogen and oxygen atoms in total. The fourth-order valence-corrected chi connectivity index (χ4v) is 3.52. The van der Waals surface area contributed by atoms with Crippen molar-refractivity contribution in [3.8, 4) is 0 Å². The number of pyridine rings is 1. The van der Waals surface area contributed by atoms with Crippen LogP contribution in [0.4, 0.5) is 0 Å². The summed E-state index contributed by atoms with van der Waals surface area (Å²) in [5, 5.41) is 7.84. The normalized spacial score (nSPS) is 20.9. The van der Waals surface area contributed by atoms with Crippen LogP contribution in [0.5, 0.6) is 0 Å². The number of nitrogens with one attached hydrogen (secondary N) is 1. The van der Waals surface area contributed by atoms with E-state index in [2.05, 4.69) is 51.3 Å². The molecule has 0 amide bonds. The van der Waals surface area contributed by atoms with Crippen molar-refractivity contribution in [1.29, 1.82) is 0 Å². The third kappa shape index (κ3) is 2.83. The molecule has 2 atom stereocenters. The van der Waals surface area contributed by atoms with Gasteiger partial charge in [0.25, 0.3) is 0 Å². The van der Waals surface area contributed by atoms with Crippen molar-refractivity contribution in [3.05, 3.63) is 53.7 Å². The summed E-state index contributed by atoms with van der Waals surface area (Å²) < 4.78 is 9.92. The molecule has 0 unspecified atom stereocenters. The second-order valence-electron chi connectivity index (χ2n) is 6.55. The Bertz CT molecular complexity index is 837. The van der Waals surface area contributed by atoms with Crippen LogP contribution >= 0.6 is 0 Å². The number of aromatic nitrogens is 4. The van der Waals surface area contributed by atoms with E-state index in [9.17, 15) is 0 Å². The summed E-state index contributed by atoms with van der Waals surface area (Å²) in [5.41, 5.74) is 4.59. The maximum atomic E-state index is 5.93. The lowest BCUT2D eigenvalue weighted by atomic mass is 9.97. The molecule has 0 spiro atoms. The molecule has 1 aliphatic heterocycles. The summed E-state index contributed by atoms with van der Waals surface area (Å²) >= 11 is 0. The zero-order chi connectivity index (χ0) is 16.5. The molecule has 1 saturated heterocycles. The van der Waals surface area contributed by atoms with Gasteiger partial charge in [0, 0.05) is 50.6 Å². The van der Waals surface area contributed by atoms with Gasteiger partial charge >= 0.3 is 0 Å². The second-order valence-corrected chi connectivity index (χ2v) is 6.55. The lowest BCUT2D eigenvalue weighted by Crippen LogP contribution is -2.25. The average molecular weight is 325 g/mol. The van der Waals surface area contributed by atoms with E-state index in [1.54, 1.807) is 0 Å². The Kier molecular flexibility index (Phi) is 4.08. The fraction of sp³-hybridized carbons (Fsp3) is 0.444. The van der Waals surface area contributed by atoms with E-state index in [1.807, 2.05) is 24.1 Å². The van der Waals surface area contributed by atoms with Crippen LogP contribution in [0.15, 0.2) is 36.9 Å². The van der Waals surface area contributed by atoms with Crippen molar-refractivity contribution in [1.82, 2.24) is 24.5 Å². The van der Waals surface area contributed by atoms with Crippen LogP contribution in [-0.4, -0.2) is 32.3 Å². The number of imidazole rings is 1. The number of hydrogen-bond acceptors (Lipinski definition) is 4. The molecule has 4 rings (SSSR count). The van der Waals surface area contributed by atoms with E-state index in [0.29, 0.717) is 5.92 Å². The van der Waals surface area contributed by atoms with Crippen LogP contribution in [-0.2, 0) is 18.3 Å². The molecule has 6 heteroatoms. The van der Waals surface area contributed by atoms with Crippen molar-refractivity contribution in [2.75, 3.05) is 13.2 Å². The number of ether oxygens (including phenoxy) is 1. The molecule has 24 heavy (non-hydrogen) atoms. The topological polar surface area (TPSA) is 56.4 Å². The number of fused-ring (bicyclic) bond motifs is 1. The minimum atomic E-state index is 0.149. The zero-order valence-electron chi connectivity index (χ0n) is 14.1. The molecule has 0 bridgehead atoms. The quantitative estimate of drug-likeness (QED) is 0.782. The van der Waals surface area contributed by atoms with Crippen molar-refractivity contribution in [3.63, 3.8) is 0 Å². The third-order valence-electron chi connectivity index (χ3n) is 4.79. The Labute approximate surface area is 141 Å². The van der Waals surface area contributed by atoms with Gasteiger partial charge in [-0.1, -0.05) is 6.07 Å². The van der Waals surface area contributed by atoms with Gasteiger partial charge in [0.05, 0.1) is 24.2 Å². The number of nitrogens with zero attached hydrogens (tertiary/aromatic N) is 4. The maximum Gasteiger partial charge on any atom is 0.139 e. The first-order valence-corrected chi connectivity index (χ1v) is 8.45. The Morgan fingerprint density at radius 3 is 3.12 bits per heavy atom. The summed E-state index contributed by atoms with van der Waals surface area (Å²) in [6.07, 6.45) is 9.23. The van der Waals surface area contributed by atoms with Gasteiger partial charge in [-0.15, -0.1) is 0 Å². The minimum absolute atomic E-state index is 0.149. The molecule has 126 valence electrons. The first-order valence-electron chi connectivity index (χ1n) is 8.45. The van der Waals surface area contributed by atoms with Crippen LogP contribution in [0.1, 0.15) is 29.3 Å². The molecule has 4 heterocycles. The highest BCUT2D eigenvalue weighted by Crippen LogP contribution is 2.33. The third-order valence-corrected chi connectivity index (χ3v) is 4.79. The Balaban J connectivity index is 1.40. The molecule has 0 saturated carbocycles. The molecule has 0 radical (unpaired) electrons. The molecular weight excluding hydrogens is 302 g/mol. The first-order chi connectivity index (χ1) is 11.7. The second kappa shape index (κ2) is 6.37. The van der Waals surface area contributed by atoms with Crippen LogP contribution in [0.3, 0.4) is 0 Å². The van der Waals surface area contributed by atoms with Crippen LogP contribution in [0.25, 0.3) is 5.65 Å². The van der Waals surface area contributed by atoms with Crippen molar-refractivity contribution >= 4 is 5.65 Å². The molecule has 0 aliphatic carbocycles. The summed E-state index contributed by atoms with van der Waals surface area (Å²) in [6, 6.07) is 4.16. The van der Waals surface area contributed by atoms with Crippen molar-refractivity contribution < 1.29 is 4.74 Å². The highest BCUT2D eigenvalue weighted by Gasteiger charge is 2.30. The smallest absolute Gasteiger partial charge is 0.139 e. The lowest BCUT2D eigenvalue weighted by molar-refractivity contribution is 0.0903. The molecule has 0 aromatic carbocycles. The van der Waals surface area contributed by atoms with Gasteiger partial charge < -0.3 is 14.5 Å². The monoisotopic (exact) mass is 325 g/mol. The first kappa shape index (κ1) is 15.4. The summed E-state index contributed by atoms with van der Waals surface area (Å²) in [7, 11) is 1.94. The SMILES string of the molecule is Cc1cccn2c(CNC[C@H]3CCO[C@H]3c3cnn(C)c3)cnc12. The van der Waals surface area contributed by atoms with Gasteiger partial charge in [-0.05, 0) is 25.0 Å². The number of aryl methyl sites for hydroxylation is 2. The Morgan fingerprint density at radius 2 is 2.29 bits per heavy atom. The van der Waals surface area contributed by atoms with E-state index >= 15 is 0 Å². The van der Waals surface area contributed by atoms with Crippen molar-refractivity contribution in [2.45, 2.75) is 26.0 Å². The molecule has 3 aromatic heterocycles. The molecule has 1 fully saturated rings. The summed E-state index contributed by atoms with van der Waals surface area (Å²) in [5.74, 6) is 0.482. The van der Waals surface area contributed by atoms with E-state index < -0.39 is 0 Å². The predicted molar refractivity (Wildman–Crippen MR) is 91.6 cm³/mol. The highest BCUT2D eigenvalue weighted by molar-refractivity contribution is 5.48. The largest absolute Gasteiger partial charge is 0.373 e. The molecule has 1 N–H and O–H groups in total. The van der Waals surface area contributed by atoms with Crippen LogP contribution in [0, 0.1) is 12.8 Å². The highest BCUT2D eigenvalue weighted by atomic mass is 16.5. The standard InChI is InChI=1S/C18H23N5O/c1-13-4-3-6-23-16(11-20-18(13)23)10-19-8-14-5-7-24-17(14)15-9-21-22(2)12-15/h3-4,6,9,11-12,14,17,19H,5,7-8,10H2,1-2H3/t14-,17-/m1/s1. The predicted octanol–water partition coefficient (Wildman–Crippen LogP) is 2.24. The van der Waals surface area contributed by atoms with E-state index in [0.717, 1.165) is 31.8 Å². The molecular formula is C18H23N5O. The van der Waals surface area contributed by atoms with E-state index in [-0.39, 0.29) is 6.10 Å². The molecule has 3 aromatic rings. The van der Waals surface area contributed by atoms with Gasteiger partial charge in [0.15, 0.2) is 0 Å². The molecule has 1 aliphatic rings. The average Bonchev–Trinajstić information content (AvgIpc) is 3.28. The maximum absolute atomic E-state index is 5.93. The van der Waals surface area contributed by atoms with Gasteiger partial charge in [-0.25, -0.2) is 4.98 Å². The Hall–Kier alpha value is -2.18. The number of hydrogen-bond donors (Lipinski definition) is 1. The van der Waals surface area contributed by atoms with Crippen LogP contribution < -0.4 is 5.32 Å². The van der Waals surface area contributed by atoms with Gasteiger partial charge in [-0.2, -0.15) is 5.10 Å². The van der Waals surface area contributed by atoms with E-state index in [4.69, 9.17) is 4.74 Å². The van der Waals surface area contributed by atoms with Crippen LogP contribution in [0.2, 0.25) is 0 Å². The fourth-order valence-electron chi connectivity index (χ4n) is 3.52. The van der Waals surface area contributed by atoms with Gasteiger partial charge in [-0.3, -0.25) is 4.68 Å².